The number of hydrogen-bond acceptors (Lipinski definition) is 2. The van der Waals surface area contributed by atoms with Gasteiger partial charge in [0.15, 0.2) is 0 Å². The quantitative estimate of drug-likeness (QED) is 0.904. The Morgan fingerprint density at radius 3 is 2.55 bits per heavy atom. The Bertz CT molecular complexity index is 468. The summed E-state index contributed by atoms with van der Waals surface area (Å²) >= 11 is 3.47. The number of likely N-dealkylation sites (tertiary alicyclic amines) is 1. The molecule has 20 heavy (non-hydrogen) atoms. The predicted octanol–water partition coefficient (Wildman–Crippen LogP) is 3.96. The van der Waals surface area contributed by atoms with Crippen LogP contribution in [0.3, 0.4) is 0 Å². The Labute approximate surface area is 129 Å². The van der Waals surface area contributed by atoms with Gasteiger partial charge in [-0.1, -0.05) is 34.8 Å². The third-order valence-electron chi connectivity index (χ3n) is 3.86. The van der Waals surface area contributed by atoms with Crippen molar-refractivity contribution in [2.24, 2.45) is 0 Å². The lowest BCUT2D eigenvalue weighted by Crippen LogP contribution is -2.41. The van der Waals surface area contributed by atoms with Crippen molar-refractivity contribution in [2.45, 2.75) is 45.6 Å². The molecular weight excluding hydrogens is 316 g/mol. The average Bonchev–Trinajstić information content (AvgIpc) is 2.71. The van der Waals surface area contributed by atoms with Crippen LogP contribution in [0, 0.1) is 6.92 Å². The number of carbonyl (C=O) groups excluding carboxylic acids is 1. The first-order valence-corrected chi connectivity index (χ1v) is 8.18. The molecule has 1 aliphatic heterocycles. The molecule has 0 saturated carbocycles. The van der Waals surface area contributed by atoms with E-state index in [0.717, 1.165) is 41.7 Å². The number of anilines is 1. The second-order valence-corrected chi connectivity index (χ2v) is 6.48. The van der Waals surface area contributed by atoms with E-state index < -0.39 is 0 Å². The summed E-state index contributed by atoms with van der Waals surface area (Å²) in [6, 6.07) is 5.92. The molecule has 3 nitrogen and oxygen atoms in total. The van der Waals surface area contributed by atoms with Crippen LogP contribution in [-0.4, -0.2) is 29.9 Å². The van der Waals surface area contributed by atoms with Crippen LogP contribution in [-0.2, 0) is 4.79 Å². The molecule has 1 unspecified atom stereocenters. The van der Waals surface area contributed by atoms with Gasteiger partial charge in [0.05, 0.1) is 0 Å². The summed E-state index contributed by atoms with van der Waals surface area (Å²) < 4.78 is 1.03. The van der Waals surface area contributed by atoms with Crippen LogP contribution >= 0.6 is 15.9 Å². The van der Waals surface area contributed by atoms with Crippen molar-refractivity contribution < 1.29 is 4.79 Å². The maximum Gasteiger partial charge on any atom is 0.244 e. The minimum Gasteiger partial charge on any atom is -0.374 e. The number of nitrogens with one attached hydrogen (secondary N) is 1. The first-order valence-electron chi connectivity index (χ1n) is 7.39. The summed E-state index contributed by atoms with van der Waals surface area (Å²) in [5, 5.41) is 3.35. The number of halogens is 1. The van der Waals surface area contributed by atoms with E-state index in [1.54, 1.807) is 0 Å². The van der Waals surface area contributed by atoms with Crippen LogP contribution < -0.4 is 5.32 Å². The van der Waals surface area contributed by atoms with E-state index in [1.165, 1.54) is 12.8 Å². The number of nitrogens with zero attached hydrogens (tertiary/aromatic N) is 1. The Kier molecular flexibility index (Phi) is 5.46. The fourth-order valence-electron chi connectivity index (χ4n) is 2.61. The predicted molar refractivity (Wildman–Crippen MR) is 87.0 cm³/mol. The van der Waals surface area contributed by atoms with Gasteiger partial charge < -0.3 is 10.2 Å². The number of hydrogen-bond donors (Lipinski definition) is 1. The van der Waals surface area contributed by atoms with Gasteiger partial charge in [-0.2, -0.15) is 0 Å². The van der Waals surface area contributed by atoms with Crippen LogP contribution in [0.15, 0.2) is 22.7 Å². The molecule has 110 valence electrons. The highest BCUT2D eigenvalue weighted by molar-refractivity contribution is 9.10. The van der Waals surface area contributed by atoms with Gasteiger partial charge in [-0.15, -0.1) is 0 Å². The van der Waals surface area contributed by atoms with Crippen LogP contribution in [0.1, 0.15) is 38.2 Å². The summed E-state index contributed by atoms with van der Waals surface area (Å²) in [6.07, 6.45) is 4.76. The molecule has 1 atom stereocenters. The molecule has 0 bridgehead atoms. The number of carbonyl (C=O) groups is 1. The molecule has 1 heterocycles. The second kappa shape index (κ2) is 7.11. The minimum atomic E-state index is -0.180. The van der Waals surface area contributed by atoms with E-state index in [2.05, 4.69) is 34.2 Å². The maximum atomic E-state index is 12.5. The summed E-state index contributed by atoms with van der Waals surface area (Å²) in [7, 11) is 0. The standard InChI is InChI=1S/C16H23BrN2O/c1-12-7-8-14(17)11-15(12)18-13(2)16(20)19-9-5-3-4-6-10-19/h7-8,11,13,18H,3-6,9-10H2,1-2H3. The molecule has 1 amide bonds. The Hall–Kier alpha value is -1.03. The molecule has 1 fully saturated rings. The van der Waals surface area contributed by atoms with Gasteiger partial charge in [0, 0.05) is 23.2 Å². The van der Waals surface area contributed by atoms with Gasteiger partial charge in [0.2, 0.25) is 5.91 Å². The first kappa shape index (κ1) is 15.4. The van der Waals surface area contributed by atoms with Crippen LogP contribution in [0.5, 0.6) is 0 Å². The van der Waals surface area contributed by atoms with Gasteiger partial charge in [-0.3, -0.25) is 4.79 Å². The Morgan fingerprint density at radius 1 is 1.25 bits per heavy atom. The molecule has 1 aromatic carbocycles. The second-order valence-electron chi connectivity index (χ2n) is 5.56. The molecule has 1 saturated heterocycles. The van der Waals surface area contributed by atoms with Gasteiger partial charge in [-0.05, 0) is 44.4 Å². The number of rotatable bonds is 3. The Balaban J connectivity index is 2.01. The van der Waals surface area contributed by atoms with E-state index >= 15 is 0 Å². The van der Waals surface area contributed by atoms with E-state index in [9.17, 15) is 4.79 Å². The van der Waals surface area contributed by atoms with Gasteiger partial charge in [0.25, 0.3) is 0 Å². The molecule has 2 rings (SSSR count). The third-order valence-corrected chi connectivity index (χ3v) is 4.35. The third kappa shape index (κ3) is 3.98. The highest BCUT2D eigenvalue weighted by atomic mass is 79.9. The molecule has 1 aliphatic rings. The largest absolute Gasteiger partial charge is 0.374 e. The lowest BCUT2D eigenvalue weighted by molar-refractivity contribution is -0.131. The number of amides is 1. The van der Waals surface area contributed by atoms with Crippen molar-refractivity contribution in [1.29, 1.82) is 0 Å². The minimum absolute atomic E-state index is 0.180. The zero-order chi connectivity index (χ0) is 14.5. The first-order chi connectivity index (χ1) is 9.58. The molecule has 0 aromatic heterocycles. The van der Waals surface area contributed by atoms with Crippen molar-refractivity contribution in [2.75, 3.05) is 18.4 Å². The fourth-order valence-corrected chi connectivity index (χ4v) is 2.97. The van der Waals surface area contributed by atoms with Crippen molar-refractivity contribution in [1.82, 2.24) is 4.90 Å². The maximum absolute atomic E-state index is 12.5. The van der Waals surface area contributed by atoms with Gasteiger partial charge >= 0.3 is 0 Å². The van der Waals surface area contributed by atoms with Gasteiger partial charge in [-0.25, -0.2) is 0 Å². The van der Waals surface area contributed by atoms with E-state index in [0.29, 0.717) is 0 Å². The van der Waals surface area contributed by atoms with Crippen molar-refractivity contribution in [3.05, 3.63) is 28.2 Å². The topological polar surface area (TPSA) is 32.3 Å². The summed E-state index contributed by atoms with van der Waals surface area (Å²) in [4.78, 5) is 14.5. The Morgan fingerprint density at radius 2 is 1.90 bits per heavy atom. The SMILES string of the molecule is Cc1ccc(Br)cc1NC(C)C(=O)N1CCCCCC1. The van der Waals surface area contributed by atoms with Crippen molar-refractivity contribution in [3.63, 3.8) is 0 Å². The molecular formula is C16H23BrN2O. The summed E-state index contributed by atoms with van der Waals surface area (Å²) in [5.74, 6) is 0.214. The molecule has 0 aliphatic carbocycles. The highest BCUT2D eigenvalue weighted by Crippen LogP contribution is 2.22. The molecule has 1 N–H and O–H groups in total. The lowest BCUT2D eigenvalue weighted by atomic mass is 10.1. The average molecular weight is 339 g/mol. The highest BCUT2D eigenvalue weighted by Gasteiger charge is 2.21. The smallest absolute Gasteiger partial charge is 0.244 e. The van der Waals surface area contributed by atoms with Gasteiger partial charge in [0.1, 0.15) is 6.04 Å². The monoisotopic (exact) mass is 338 g/mol. The van der Waals surface area contributed by atoms with E-state index in [4.69, 9.17) is 0 Å². The summed E-state index contributed by atoms with van der Waals surface area (Å²) in [6.45, 7) is 5.82. The lowest BCUT2D eigenvalue weighted by Gasteiger charge is -2.25. The van der Waals surface area contributed by atoms with Crippen LogP contribution in [0.2, 0.25) is 0 Å². The number of benzene rings is 1. The van der Waals surface area contributed by atoms with E-state index in [1.807, 2.05) is 24.0 Å². The summed E-state index contributed by atoms with van der Waals surface area (Å²) in [5.41, 5.74) is 2.18. The zero-order valence-electron chi connectivity index (χ0n) is 12.3. The van der Waals surface area contributed by atoms with E-state index in [-0.39, 0.29) is 11.9 Å². The fraction of sp³-hybridized carbons (Fsp3) is 0.562. The van der Waals surface area contributed by atoms with Crippen molar-refractivity contribution in [3.8, 4) is 0 Å². The van der Waals surface area contributed by atoms with Crippen molar-refractivity contribution >= 4 is 27.5 Å². The molecule has 1 aromatic rings. The number of aryl methyl sites for hydroxylation is 1. The van der Waals surface area contributed by atoms with Crippen LogP contribution in [0.4, 0.5) is 5.69 Å². The zero-order valence-corrected chi connectivity index (χ0v) is 13.9. The molecule has 0 spiro atoms. The normalized spacial score (nSPS) is 17.4. The molecule has 4 heteroatoms. The molecule has 0 radical (unpaired) electrons. The van der Waals surface area contributed by atoms with Crippen LogP contribution in [0.25, 0.3) is 0 Å².